The highest BCUT2D eigenvalue weighted by Gasteiger charge is 2.22. The first kappa shape index (κ1) is 21.1. The summed E-state index contributed by atoms with van der Waals surface area (Å²) in [7, 11) is 0. The zero-order valence-electron chi connectivity index (χ0n) is 18.3. The van der Waals surface area contributed by atoms with Gasteiger partial charge in [0.1, 0.15) is 5.56 Å². The van der Waals surface area contributed by atoms with E-state index >= 15 is 0 Å². The molecule has 10 nitrogen and oxygen atoms in total. The number of esters is 1. The van der Waals surface area contributed by atoms with Crippen LogP contribution in [0.4, 0.5) is 0 Å². The lowest BCUT2D eigenvalue weighted by molar-refractivity contribution is 0.0525. The van der Waals surface area contributed by atoms with Gasteiger partial charge in [-0.05, 0) is 44.9 Å². The third-order valence-corrected chi connectivity index (χ3v) is 5.88. The SMILES string of the molecule is CCOC(=O)c1c(-n2ccc3nc4ccn(C[C@@H]5CCCO5)c(=O)c4cc3c2=O)n[nH]c1C. The molecule has 0 aliphatic carbocycles. The first-order valence-electron chi connectivity index (χ1n) is 10.9. The zero-order valence-corrected chi connectivity index (χ0v) is 18.3. The Bertz CT molecular complexity index is 1490. The zero-order chi connectivity index (χ0) is 23.1. The predicted molar refractivity (Wildman–Crippen MR) is 121 cm³/mol. The number of ether oxygens (including phenoxy) is 2. The summed E-state index contributed by atoms with van der Waals surface area (Å²) in [5.41, 5.74) is 0.971. The Hall–Kier alpha value is -3.79. The van der Waals surface area contributed by atoms with Gasteiger partial charge in [-0.1, -0.05) is 0 Å². The molecule has 1 fully saturated rings. The van der Waals surface area contributed by atoms with Gasteiger partial charge in [-0.15, -0.1) is 0 Å². The quantitative estimate of drug-likeness (QED) is 0.366. The van der Waals surface area contributed by atoms with Crippen LogP contribution in [0.2, 0.25) is 0 Å². The van der Waals surface area contributed by atoms with E-state index in [0.29, 0.717) is 35.3 Å². The van der Waals surface area contributed by atoms with Gasteiger partial charge in [-0.25, -0.2) is 9.78 Å². The van der Waals surface area contributed by atoms with Gasteiger partial charge < -0.3 is 14.0 Å². The van der Waals surface area contributed by atoms with Gasteiger partial charge in [0.25, 0.3) is 11.1 Å². The first-order chi connectivity index (χ1) is 16.0. The van der Waals surface area contributed by atoms with Crippen LogP contribution in [-0.4, -0.2) is 49.6 Å². The van der Waals surface area contributed by atoms with Crippen LogP contribution in [-0.2, 0) is 16.0 Å². The van der Waals surface area contributed by atoms with E-state index in [-0.39, 0.29) is 35.0 Å². The lowest BCUT2D eigenvalue weighted by Crippen LogP contribution is -2.26. The maximum Gasteiger partial charge on any atom is 0.343 e. The monoisotopic (exact) mass is 449 g/mol. The Labute approximate surface area is 187 Å². The molecule has 5 heterocycles. The van der Waals surface area contributed by atoms with Gasteiger partial charge in [-0.3, -0.25) is 19.3 Å². The van der Waals surface area contributed by atoms with E-state index in [1.54, 1.807) is 42.8 Å². The molecular formula is C23H23N5O5. The summed E-state index contributed by atoms with van der Waals surface area (Å²) in [5, 5.41) is 7.49. The van der Waals surface area contributed by atoms with E-state index in [2.05, 4.69) is 15.2 Å². The number of aryl methyl sites for hydroxylation is 1. The maximum atomic E-state index is 13.4. The molecule has 0 aromatic carbocycles. The summed E-state index contributed by atoms with van der Waals surface area (Å²) in [4.78, 5) is 43.5. The largest absolute Gasteiger partial charge is 0.462 e. The van der Waals surface area contributed by atoms with Crippen molar-refractivity contribution < 1.29 is 14.3 Å². The number of hydrogen-bond acceptors (Lipinski definition) is 7. The number of pyridine rings is 3. The summed E-state index contributed by atoms with van der Waals surface area (Å²) in [5.74, 6) is -0.429. The van der Waals surface area contributed by atoms with Crippen molar-refractivity contribution in [3.8, 4) is 5.82 Å². The molecule has 0 radical (unpaired) electrons. The van der Waals surface area contributed by atoms with Gasteiger partial charge in [-0.2, -0.15) is 5.10 Å². The molecule has 1 aliphatic heterocycles. The highest BCUT2D eigenvalue weighted by molar-refractivity contribution is 5.95. The Morgan fingerprint density at radius 2 is 1.97 bits per heavy atom. The van der Waals surface area contributed by atoms with Crippen LogP contribution in [0.1, 0.15) is 35.8 Å². The van der Waals surface area contributed by atoms with Crippen molar-refractivity contribution in [1.82, 2.24) is 24.3 Å². The van der Waals surface area contributed by atoms with Crippen molar-refractivity contribution in [2.45, 2.75) is 39.3 Å². The number of aromatic nitrogens is 5. The van der Waals surface area contributed by atoms with Crippen LogP contribution in [0, 0.1) is 6.92 Å². The number of nitrogens with zero attached hydrogens (tertiary/aromatic N) is 4. The normalized spacial score (nSPS) is 16.0. The van der Waals surface area contributed by atoms with Crippen LogP contribution in [0.5, 0.6) is 0 Å². The Balaban J connectivity index is 1.65. The molecule has 0 amide bonds. The van der Waals surface area contributed by atoms with Crippen LogP contribution in [0.15, 0.2) is 40.2 Å². The van der Waals surface area contributed by atoms with E-state index in [9.17, 15) is 14.4 Å². The van der Waals surface area contributed by atoms with Crippen LogP contribution >= 0.6 is 0 Å². The minimum absolute atomic E-state index is 0.00926. The molecule has 1 N–H and O–H groups in total. The number of hydrogen-bond donors (Lipinski definition) is 1. The minimum atomic E-state index is -0.570. The number of nitrogens with one attached hydrogen (secondary N) is 1. The Morgan fingerprint density at radius 1 is 1.21 bits per heavy atom. The van der Waals surface area contributed by atoms with Crippen molar-refractivity contribution in [2.24, 2.45) is 0 Å². The molecule has 33 heavy (non-hydrogen) atoms. The lowest BCUT2D eigenvalue weighted by Gasteiger charge is -2.12. The molecule has 0 spiro atoms. The summed E-state index contributed by atoms with van der Waals surface area (Å²) in [6.45, 7) is 4.75. The van der Waals surface area contributed by atoms with Crippen LogP contribution < -0.4 is 11.1 Å². The van der Waals surface area contributed by atoms with Gasteiger partial charge >= 0.3 is 5.97 Å². The smallest absolute Gasteiger partial charge is 0.343 e. The van der Waals surface area contributed by atoms with Gasteiger partial charge in [0.2, 0.25) is 0 Å². The van der Waals surface area contributed by atoms with Crippen molar-refractivity contribution >= 4 is 27.8 Å². The average Bonchev–Trinajstić information content (AvgIpc) is 3.45. The predicted octanol–water partition coefficient (Wildman–Crippen LogP) is 2.09. The fourth-order valence-corrected chi connectivity index (χ4v) is 4.22. The highest BCUT2D eigenvalue weighted by atomic mass is 16.5. The van der Waals surface area contributed by atoms with E-state index in [0.717, 1.165) is 12.8 Å². The second kappa shape index (κ2) is 8.28. The Kier molecular flexibility index (Phi) is 5.29. The summed E-state index contributed by atoms with van der Waals surface area (Å²) < 4.78 is 13.6. The van der Waals surface area contributed by atoms with E-state index in [1.165, 1.54) is 10.8 Å². The molecule has 5 rings (SSSR count). The van der Waals surface area contributed by atoms with Crippen molar-refractivity contribution in [3.63, 3.8) is 0 Å². The molecule has 4 aromatic rings. The number of aromatic amines is 1. The Morgan fingerprint density at radius 3 is 2.70 bits per heavy atom. The van der Waals surface area contributed by atoms with E-state index < -0.39 is 11.5 Å². The van der Waals surface area contributed by atoms with Crippen molar-refractivity contribution in [2.75, 3.05) is 13.2 Å². The van der Waals surface area contributed by atoms with Crippen LogP contribution in [0.3, 0.4) is 0 Å². The lowest BCUT2D eigenvalue weighted by atomic mass is 10.1. The molecule has 1 saturated heterocycles. The fraction of sp³-hybridized carbons (Fsp3) is 0.348. The third kappa shape index (κ3) is 3.62. The molecule has 0 bridgehead atoms. The molecule has 1 aliphatic rings. The van der Waals surface area contributed by atoms with E-state index in [4.69, 9.17) is 9.47 Å². The van der Waals surface area contributed by atoms with Crippen LogP contribution in [0.25, 0.3) is 27.6 Å². The molecular weight excluding hydrogens is 426 g/mol. The van der Waals surface area contributed by atoms with Gasteiger partial charge in [0.15, 0.2) is 5.82 Å². The number of rotatable bonds is 5. The standard InChI is InChI=1S/C23H23N5O5/c1-3-32-23(31)19-13(2)25-26-20(19)28-9-7-18-16(22(28)30)11-15-17(24-18)6-8-27(21(15)29)12-14-5-4-10-33-14/h6-9,11,14H,3-5,10,12H2,1-2H3,(H,25,26)/t14-/m0/s1. The van der Waals surface area contributed by atoms with Gasteiger partial charge in [0.05, 0.1) is 41.1 Å². The minimum Gasteiger partial charge on any atom is -0.462 e. The van der Waals surface area contributed by atoms with E-state index in [1.807, 2.05) is 0 Å². The number of carbonyl (C=O) groups excluding carboxylic acids is 1. The molecule has 0 saturated carbocycles. The molecule has 4 aromatic heterocycles. The molecule has 170 valence electrons. The highest BCUT2D eigenvalue weighted by Crippen LogP contribution is 2.19. The first-order valence-corrected chi connectivity index (χ1v) is 10.9. The average molecular weight is 449 g/mol. The van der Waals surface area contributed by atoms with Crippen molar-refractivity contribution in [3.05, 3.63) is 62.6 Å². The molecule has 10 heteroatoms. The van der Waals surface area contributed by atoms with Gasteiger partial charge in [0, 0.05) is 24.7 Å². The maximum absolute atomic E-state index is 13.4. The third-order valence-electron chi connectivity index (χ3n) is 5.88. The second-order valence-electron chi connectivity index (χ2n) is 8.02. The fourth-order valence-electron chi connectivity index (χ4n) is 4.22. The summed E-state index contributed by atoms with van der Waals surface area (Å²) in [6, 6.07) is 4.99. The summed E-state index contributed by atoms with van der Waals surface area (Å²) in [6.07, 6.45) is 5.14. The number of fused-ring (bicyclic) bond motifs is 2. The van der Waals surface area contributed by atoms with Crippen molar-refractivity contribution in [1.29, 1.82) is 0 Å². The molecule has 0 unspecified atom stereocenters. The summed E-state index contributed by atoms with van der Waals surface area (Å²) >= 11 is 0. The topological polar surface area (TPSA) is 121 Å². The second-order valence-corrected chi connectivity index (χ2v) is 8.02. The number of H-pyrrole nitrogens is 1. The number of carbonyl (C=O) groups is 1. The molecule has 1 atom stereocenters.